The van der Waals surface area contributed by atoms with E-state index in [1.54, 1.807) is 0 Å². The smallest absolute Gasteiger partial charge is 0.476 e. The van der Waals surface area contributed by atoms with E-state index in [4.69, 9.17) is 5.11 Å². The largest absolute Gasteiger partial charge is 0.522 e. The summed E-state index contributed by atoms with van der Waals surface area (Å²) in [5.41, 5.74) is -2.06. The molecule has 0 saturated carbocycles. The molecule has 0 aliphatic heterocycles. The van der Waals surface area contributed by atoms with E-state index in [1.165, 1.54) is 0 Å². The molecule has 1 aromatic rings. The Morgan fingerprint density at radius 3 is 2.50 bits per heavy atom. The van der Waals surface area contributed by atoms with E-state index in [0.717, 1.165) is 0 Å². The predicted molar refractivity (Wildman–Crippen MR) is 43.9 cm³/mol. The maximum Gasteiger partial charge on any atom is 0.522 e. The predicted octanol–water partition coefficient (Wildman–Crippen LogP) is 1.45. The SMILES string of the molecule is O=C(O)c1nnn(CCOC(F)(F)F)c1C(F)F. The Morgan fingerprint density at radius 1 is 1.44 bits per heavy atom. The molecule has 0 radical (unpaired) electrons. The second-order valence-corrected chi connectivity index (χ2v) is 2.95. The third-order valence-electron chi connectivity index (χ3n) is 1.75. The summed E-state index contributed by atoms with van der Waals surface area (Å²) >= 11 is 0. The van der Waals surface area contributed by atoms with Crippen molar-refractivity contribution >= 4 is 5.97 Å². The third-order valence-corrected chi connectivity index (χ3v) is 1.75. The van der Waals surface area contributed by atoms with Gasteiger partial charge in [-0.25, -0.2) is 18.3 Å². The van der Waals surface area contributed by atoms with Crippen LogP contribution >= 0.6 is 0 Å². The number of carbonyl (C=O) groups is 1. The lowest BCUT2D eigenvalue weighted by molar-refractivity contribution is -0.325. The van der Waals surface area contributed by atoms with E-state index in [9.17, 15) is 26.7 Å². The molecule has 102 valence electrons. The minimum absolute atomic E-state index is 0.361. The van der Waals surface area contributed by atoms with Crippen LogP contribution in [0, 0.1) is 0 Å². The van der Waals surface area contributed by atoms with Crippen LogP contribution in [-0.2, 0) is 11.3 Å². The fourth-order valence-corrected chi connectivity index (χ4v) is 1.10. The second kappa shape index (κ2) is 5.25. The molecule has 1 rings (SSSR count). The number of nitrogens with zero attached hydrogens (tertiary/aromatic N) is 3. The summed E-state index contributed by atoms with van der Waals surface area (Å²) in [5, 5.41) is 14.5. The van der Waals surface area contributed by atoms with Crippen molar-refractivity contribution in [3.8, 4) is 0 Å². The normalized spacial score (nSPS) is 12.1. The Balaban J connectivity index is 2.80. The van der Waals surface area contributed by atoms with Gasteiger partial charge < -0.3 is 5.11 Å². The average Bonchev–Trinajstić information content (AvgIpc) is 2.59. The molecule has 0 amide bonds. The van der Waals surface area contributed by atoms with Gasteiger partial charge in [-0.2, -0.15) is 0 Å². The Kier molecular flexibility index (Phi) is 4.16. The number of alkyl halides is 5. The first-order valence-corrected chi connectivity index (χ1v) is 4.38. The molecule has 0 aliphatic rings. The van der Waals surface area contributed by atoms with Crippen LogP contribution in [0.15, 0.2) is 0 Å². The standard InChI is InChI=1S/C7H6F5N3O3/c8-5(9)4-3(6(16)17)13-14-15(4)1-2-18-7(10,11)12/h5H,1-2H2,(H,16,17). The number of carboxylic acids is 1. The van der Waals surface area contributed by atoms with Crippen molar-refractivity contribution < 1.29 is 36.6 Å². The van der Waals surface area contributed by atoms with Crippen molar-refractivity contribution in [3.05, 3.63) is 11.4 Å². The molecule has 0 aromatic carbocycles. The van der Waals surface area contributed by atoms with Crippen LogP contribution in [-0.4, -0.2) is 39.0 Å². The molecule has 0 fully saturated rings. The monoisotopic (exact) mass is 275 g/mol. The van der Waals surface area contributed by atoms with Gasteiger partial charge in [-0.05, 0) is 0 Å². The number of hydrogen-bond acceptors (Lipinski definition) is 4. The van der Waals surface area contributed by atoms with Gasteiger partial charge in [-0.15, -0.1) is 18.3 Å². The van der Waals surface area contributed by atoms with Gasteiger partial charge in [0.25, 0.3) is 6.43 Å². The van der Waals surface area contributed by atoms with E-state index < -0.39 is 43.3 Å². The molecular weight excluding hydrogens is 269 g/mol. The number of rotatable bonds is 5. The Hall–Kier alpha value is -1.78. The molecular formula is C7H6F5N3O3. The number of aromatic nitrogens is 3. The van der Waals surface area contributed by atoms with Crippen molar-refractivity contribution in [1.29, 1.82) is 0 Å². The van der Waals surface area contributed by atoms with Gasteiger partial charge in [0.15, 0.2) is 5.69 Å². The number of hydrogen-bond donors (Lipinski definition) is 1. The van der Waals surface area contributed by atoms with Crippen LogP contribution < -0.4 is 0 Å². The van der Waals surface area contributed by atoms with Crippen LogP contribution in [0.4, 0.5) is 22.0 Å². The van der Waals surface area contributed by atoms with Gasteiger partial charge in [0.1, 0.15) is 5.69 Å². The number of halogens is 5. The lowest BCUT2D eigenvalue weighted by Crippen LogP contribution is -2.19. The Bertz CT molecular complexity index is 430. The van der Waals surface area contributed by atoms with Crippen LogP contribution in [0.25, 0.3) is 0 Å². The highest BCUT2D eigenvalue weighted by atomic mass is 19.4. The molecule has 11 heteroatoms. The molecule has 0 saturated heterocycles. The number of carboxylic acid groups (broad SMARTS) is 1. The molecule has 0 bridgehead atoms. The first-order valence-electron chi connectivity index (χ1n) is 4.38. The summed E-state index contributed by atoms with van der Waals surface area (Å²) in [6.07, 6.45) is -8.13. The lowest BCUT2D eigenvalue weighted by atomic mass is 10.3. The molecule has 6 nitrogen and oxygen atoms in total. The van der Waals surface area contributed by atoms with Crippen molar-refractivity contribution in [1.82, 2.24) is 15.0 Å². The zero-order valence-corrected chi connectivity index (χ0v) is 8.49. The highest BCUT2D eigenvalue weighted by Gasteiger charge is 2.30. The minimum atomic E-state index is -4.90. The van der Waals surface area contributed by atoms with Gasteiger partial charge in [-0.1, -0.05) is 5.21 Å². The average molecular weight is 275 g/mol. The molecule has 0 spiro atoms. The van der Waals surface area contributed by atoms with Gasteiger partial charge in [0.05, 0.1) is 13.2 Å². The molecule has 1 heterocycles. The van der Waals surface area contributed by atoms with Crippen LogP contribution in [0.5, 0.6) is 0 Å². The molecule has 18 heavy (non-hydrogen) atoms. The molecule has 0 aliphatic carbocycles. The first-order chi connectivity index (χ1) is 8.22. The van der Waals surface area contributed by atoms with Gasteiger partial charge in [0.2, 0.25) is 0 Å². The molecule has 1 N–H and O–H groups in total. The van der Waals surface area contributed by atoms with Crippen molar-refractivity contribution in [3.63, 3.8) is 0 Å². The summed E-state index contributed by atoms with van der Waals surface area (Å²) in [4.78, 5) is 10.5. The Morgan fingerprint density at radius 2 is 2.06 bits per heavy atom. The highest BCUT2D eigenvalue weighted by molar-refractivity contribution is 5.86. The van der Waals surface area contributed by atoms with E-state index in [2.05, 4.69) is 15.0 Å². The fourth-order valence-electron chi connectivity index (χ4n) is 1.10. The van der Waals surface area contributed by atoms with Gasteiger partial charge >= 0.3 is 12.3 Å². The number of aromatic carboxylic acids is 1. The van der Waals surface area contributed by atoms with Crippen LogP contribution in [0.3, 0.4) is 0 Å². The maximum atomic E-state index is 12.5. The molecule has 1 aromatic heterocycles. The second-order valence-electron chi connectivity index (χ2n) is 2.95. The van der Waals surface area contributed by atoms with E-state index in [0.29, 0.717) is 4.68 Å². The van der Waals surface area contributed by atoms with E-state index in [1.807, 2.05) is 0 Å². The van der Waals surface area contributed by atoms with Crippen molar-refractivity contribution in [2.45, 2.75) is 19.3 Å². The van der Waals surface area contributed by atoms with Gasteiger partial charge in [-0.3, -0.25) is 4.74 Å². The van der Waals surface area contributed by atoms with E-state index >= 15 is 0 Å². The number of ether oxygens (including phenoxy) is 1. The summed E-state index contributed by atoms with van der Waals surface area (Å²) < 4.78 is 63.7. The summed E-state index contributed by atoms with van der Waals surface area (Å²) in [5.74, 6) is -1.74. The van der Waals surface area contributed by atoms with Gasteiger partial charge in [0, 0.05) is 0 Å². The zero-order valence-electron chi connectivity index (χ0n) is 8.49. The lowest BCUT2D eigenvalue weighted by Gasteiger charge is -2.08. The van der Waals surface area contributed by atoms with Crippen molar-refractivity contribution in [2.75, 3.05) is 6.61 Å². The zero-order chi connectivity index (χ0) is 13.9. The Labute approximate surface area is 95.9 Å². The van der Waals surface area contributed by atoms with Crippen LogP contribution in [0.2, 0.25) is 0 Å². The van der Waals surface area contributed by atoms with E-state index in [-0.39, 0.29) is 0 Å². The maximum absolute atomic E-state index is 12.5. The topological polar surface area (TPSA) is 77.2 Å². The summed E-state index contributed by atoms with van der Waals surface area (Å²) in [6.45, 7) is -1.68. The quantitative estimate of drug-likeness (QED) is 0.823. The third kappa shape index (κ3) is 3.61. The van der Waals surface area contributed by atoms with Crippen LogP contribution in [0.1, 0.15) is 22.6 Å². The summed E-state index contributed by atoms with van der Waals surface area (Å²) in [6, 6.07) is 0. The highest BCUT2D eigenvalue weighted by Crippen LogP contribution is 2.22. The molecule has 0 unspecified atom stereocenters. The summed E-state index contributed by atoms with van der Waals surface area (Å²) in [7, 11) is 0. The van der Waals surface area contributed by atoms with Crippen molar-refractivity contribution in [2.24, 2.45) is 0 Å². The first kappa shape index (κ1) is 14.3. The minimum Gasteiger partial charge on any atom is -0.476 e. The fraction of sp³-hybridized carbons (Fsp3) is 0.571. The molecule has 0 atom stereocenters.